The van der Waals surface area contributed by atoms with Crippen LogP contribution in [0.1, 0.15) is 70.3 Å². The summed E-state index contributed by atoms with van der Waals surface area (Å²) in [6, 6.07) is 11.2. The number of ether oxygens (including phenoxy) is 2. The van der Waals surface area contributed by atoms with Gasteiger partial charge in [-0.1, -0.05) is 18.2 Å². The second-order valence-electron chi connectivity index (χ2n) is 12.0. The predicted octanol–water partition coefficient (Wildman–Crippen LogP) is 5.22. The lowest BCUT2D eigenvalue weighted by atomic mass is 9.96. The third-order valence-electron chi connectivity index (χ3n) is 6.30. The number of carbonyl (C=O) groups excluding carboxylic acids is 3. The summed E-state index contributed by atoms with van der Waals surface area (Å²) in [5, 5.41) is 2.77. The third kappa shape index (κ3) is 7.59. The third-order valence-corrected chi connectivity index (χ3v) is 6.30. The number of likely N-dealkylation sites (tertiary alicyclic amines) is 1. The molecular formula is C30H38N4O5. The van der Waals surface area contributed by atoms with E-state index in [2.05, 4.69) is 5.32 Å². The molecule has 208 valence electrons. The second-order valence-corrected chi connectivity index (χ2v) is 12.0. The molecule has 1 N–H and O–H groups in total. The highest BCUT2D eigenvalue weighted by molar-refractivity contribution is 5.95. The molecule has 39 heavy (non-hydrogen) atoms. The monoisotopic (exact) mass is 534 g/mol. The van der Waals surface area contributed by atoms with Crippen molar-refractivity contribution in [3.63, 3.8) is 0 Å². The largest absolute Gasteiger partial charge is 0.460 e. The van der Waals surface area contributed by atoms with E-state index in [4.69, 9.17) is 14.5 Å². The Balaban J connectivity index is 1.36. The second kappa shape index (κ2) is 11.1. The zero-order chi connectivity index (χ0) is 28.4. The van der Waals surface area contributed by atoms with E-state index in [-0.39, 0.29) is 17.8 Å². The average Bonchev–Trinajstić information content (AvgIpc) is 3.29. The molecule has 3 heterocycles. The zero-order valence-electron chi connectivity index (χ0n) is 23.6. The number of piperidine rings is 1. The fourth-order valence-electron chi connectivity index (χ4n) is 4.44. The van der Waals surface area contributed by atoms with Crippen molar-refractivity contribution in [2.24, 2.45) is 5.92 Å². The molecule has 2 amide bonds. The van der Waals surface area contributed by atoms with Crippen LogP contribution in [0.3, 0.4) is 0 Å². The quantitative estimate of drug-likeness (QED) is 0.450. The molecule has 1 aliphatic heterocycles. The molecule has 9 heteroatoms. The van der Waals surface area contributed by atoms with E-state index in [1.54, 1.807) is 4.90 Å². The Kier molecular flexibility index (Phi) is 7.99. The van der Waals surface area contributed by atoms with Crippen molar-refractivity contribution in [1.29, 1.82) is 0 Å². The molecule has 9 nitrogen and oxygen atoms in total. The standard InChI is InChI=1S/C30H38N4O5/c1-29(2,3)38-27(36)23-13-15-33(16-14-23)26(35)22-10-8-21(9-11-22)24-19-34-18-20(7-12-25(34)32-24)17-31-28(37)39-30(4,5)6/h7-12,18-19,23H,13-17H2,1-6H3,(H,31,37). The first kappa shape index (κ1) is 28.1. The first-order valence-corrected chi connectivity index (χ1v) is 13.3. The number of hydrogen-bond acceptors (Lipinski definition) is 6. The van der Waals surface area contributed by atoms with Gasteiger partial charge < -0.3 is 24.1 Å². The Morgan fingerprint density at radius 1 is 0.897 bits per heavy atom. The van der Waals surface area contributed by atoms with Crippen LogP contribution in [-0.4, -0.2) is 56.5 Å². The first-order chi connectivity index (χ1) is 18.3. The molecule has 2 aromatic heterocycles. The van der Waals surface area contributed by atoms with Crippen LogP contribution in [0.2, 0.25) is 0 Å². The number of benzene rings is 1. The summed E-state index contributed by atoms with van der Waals surface area (Å²) in [6.07, 6.45) is 4.59. The Bertz CT molecular complexity index is 1340. The minimum atomic E-state index is -0.550. The number of fused-ring (bicyclic) bond motifs is 1. The normalized spacial score (nSPS) is 14.8. The fourth-order valence-corrected chi connectivity index (χ4v) is 4.44. The van der Waals surface area contributed by atoms with Gasteiger partial charge in [0.25, 0.3) is 5.91 Å². The number of esters is 1. The number of rotatable bonds is 5. The van der Waals surface area contributed by atoms with Crippen LogP contribution >= 0.6 is 0 Å². The number of carbonyl (C=O) groups is 3. The first-order valence-electron chi connectivity index (χ1n) is 13.3. The molecule has 3 aromatic rings. The molecule has 1 aromatic carbocycles. The van der Waals surface area contributed by atoms with E-state index in [0.29, 0.717) is 38.0 Å². The van der Waals surface area contributed by atoms with E-state index in [1.807, 2.05) is 94.7 Å². The maximum atomic E-state index is 13.1. The zero-order valence-corrected chi connectivity index (χ0v) is 23.6. The van der Waals surface area contributed by atoms with E-state index in [9.17, 15) is 14.4 Å². The fraction of sp³-hybridized carbons (Fsp3) is 0.467. The van der Waals surface area contributed by atoms with Crippen LogP contribution in [0.25, 0.3) is 16.9 Å². The molecule has 0 unspecified atom stereocenters. The van der Waals surface area contributed by atoms with Gasteiger partial charge in [0.1, 0.15) is 16.8 Å². The summed E-state index contributed by atoms with van der Waals surface area (Å²) >= 11 is 0. The Labute approximate surface area is 229 Å². The molecule has 0 aliphatic carbocycles. The van der Waals surface area contributed by atoms with Gasteiger partial charge in [-0.15, -0.1) is 0 Å². The maximum Gasteiger partial charge on any atom is 0.407 e. The van der Waals surface area contributed by atoms with Gasteiger partial charge in [-0.25, -0.2) is 9.78 Å². The van der Waals surface area contributed by atoms with Crippen molar-refractivity contribution in [1.82, 2.24) is 19.6 Å². The van der Waals surface area contributed by atoms with Gasteiger partial charge in [0.15, 0.2) is 0 Å². The lowest BCUT2D eigenvalue weighted by Gasteiger charge is -2.32. The minimum Gasteiger partial charge on any atom is -0.460 e. The molecule has 0 spiro atoms. The lowest BCUT2D eigenvalue weighted by molar-refractivity contribution is -0.161. The number of amides is 2. The summed E-state index contributed by atoms with van der Waals surface area (Å²) in [5.74, 6) is -0.390. The van der Waals surface area contributed by atoms with Crippen molar-refractivity contribution in [2.45, 2.75) is 72.1 Å². The van der Waals surface area contributed by atoms with Crippen molar-refractivity contribution in [3.05, 3.63) is 59.9 Å². The Hall–Kier alpha value is -3.88. The molecule has 0 radical (unpaired) electrons. The van der Waals surface area contributed by atoms with Crippen molar-refractivity contribution in [2.75, 3.05) is 13.1 Å². The number of imidazole rings is 1. The topological polar surface area (TPSA) is 102 Å². The van der Waals surface area contributed by atoms with Gasteiger partial charge >= 0.3 is 12.1 Å². The van der Waals surface area contributed by atoms with Crippen LogP contribution in [-0.2, 0) is 20.8 Å². The smallest absolute Gasteiger partial charge is 0.407 e. The highest BCUT2D eigenvalue weighted by atomic mass is 16.6. The number of alkyl carbamates (subject to hydrolysis) is 1. The Morgan fingerprint density at radius 3 is 2.15 bits per heavy atom. The average molecular weight is 535 g/mol. The van der Waals surface area contributed by atoms with Crippen LogP contribution < -0.4 is 5.32 Å². The molecule has 1 fully saturated rings. The lowest BCUT2D eigenvalue weighted by Crippen LogP contribution is -2.41. The van der Waals surface area contributed by atoms with Crippen molar-refractivity contribution in [3.8, 4) is 11.3 Å². The summed E-state index contributed by atoms with van der Waals surface area (Å²) in [4.78, 5) is 43.9. The van der Waals surface area contributed by atoms with E-state index in [0.717, 1.165) is 22.5 Å². The molecule has 0 saturated carbocycles. The summed E-state index contributed by atoms with van der Waals surface area (Å²) < 4.78 is 12.7. The molecule has 4 rings (SSSR count). The van der Waals surface area contributed by atoms with Crippen LogP contribution in [0.5, 0.6) is 0 Å². The highest BCUT2D eigenvalue weighted by Gasteiger charge is 2.31. The molecular weight excluding hydrogens is 496 g/mol. The SMILES string of the molecule is CC(C)(C)OC(=O)NCc1ccc2nc(-c3ccc(C(=O)N4CCC(C(=O)OC(C)(C)C)CC4)cc3)cn2c1. The number of pyridine rings is 1. The van der Waals surface area contributed by atoms with Crippen LogP contribution in [0, 0.1) is 5.92 Å². The van der Waals surface area contributed by atoms with E-state index < -0.39 is 17.3 Å². The molecule has 1 aliphatic rings. The highest BCUT2D eigenvalue weighted by Crippen LogP contribution is 2.24. The molecule has 0 atom stereocenters. The predicted molar refractivity (Wildman–Crippen MR) is 148 cm³/mol. The van der Waals surface area contributed by atoms with Gasteiger partial charge in [0, 0.05) is 43.2 Å². The molecule has 0 bridgehead atoms. The van der Waals surface area contributed by atoms with Crippen molar-refractivity contribution >= 4 is 23.6 Å². The van der Waals surface area contributed by atoms with Gasteiger partial charge in [0.2, 0.25) is 0 Å². The summed E-state index contributed by atoms with van der Waals surface area (Å²) in [6.45, 7) is 12.5. The maximum absolute atomic E-state index is 13.1. The van der Waals surface area contributed by atoms with Gasteiger partial charge in [-0.3, -0.25) is 9.59 Å². The van der Waals surface area contributed by atoms with Gasteiger partial charge in [0.05, 0.1) is 11.6 Å². The number of hydrogen-bond donors (Lipinski definition) is 1. The number of nitrogens with one attached hydrogen (secondary N) is 1. The molecule has 1 saturated heterocycles. The van der Waals surface area contributed by atoms with Crippen molar-refractivity contribution < 1.29 is 23.9 Å². The van der Waals surface area contributed by atoms with Gasteiger partial charge in [-0.2, -0.15) is 0 Å². The number of nitrogens with zero attached hydrogens (tertiary/aromatic N) is 3. The summed E-state index contributed by atoms with van der Waals surface area (Å²) in [7, 11) is 0. The van der Waals surface area contributed by atoms with E-state index in [1.165, 1.54) is 0 Å². The van der Waals surface area contributed by atoms with Crippen LogP contribution in [0.4, 0.5) is 4.79 Å². The van der Waals surface area contributed by atoms with Gasteiger partial charge in [-0.05, 0) is 78.1 Å². The minimum absolute atomic E-state index is 0.0404. The Morgan fingerprint density at radius 2 is 1.54 bits per heavy atom. The van der Waals surface area contributed by atoms with Crippen LogP contribution in [0.15, 0.2) is 48.8 Å². The number of aromatic nitrogens is 2. The summed E-state index contributed by atoms with van der Waals surface area (Å²) in [5.41, 5.74) is 2.92. The van der Waals surface area contributed by atoms with E-state index >= 15 is 0 Å².